The van der Waals surface area contributed by atoms with Crippen molar-refractivity contribution in [3.8, 4) is 11.1 Å². The molecule has 0 unspecified atom stereocenters. The number of aliphatic carboxylic acids is 1. The van der Waals surface area contributed by atoms with Crippen molar-refractivity contribution in [3.63, 3.8) is 0 Å². The van der Waals surface area contributed by atoms with E-state index in [1.54, 1.807) is 0 Å². The zero-order chi connectivity index (χ0) is 55.9. The Morgan fingerprint density at radius 1 is 0.667 bits per heavy atom. The second-order valence-corrected chi connectivity index (χ2v) is 27.4. The molecule has 5 N–H and O–H groups in total. The predicted octanol–water partition coefficient (Wildman–Crippen LogP) is 15.2. The summed E-state index contributed by atoms with van der Waals surface area (Å²) >= 11 is 0. The van der Waals surface area contributed by atoms with Crippen LogP contribution in [0.4, 0.5) is 16.2 Å². The summed E-state index contributed by atoms with van der Waals surface area (Å²) in [6.45, 7) is 27.8. The van der Waals surface area contributed by atoms with Gasteiger partial charge in [-0.15, -0.1) is 0 Å². The molecule has 0 aromatic heterocycles. The van der Waals surface area contributed by atoms with Gasteiger partial charge in [-0.1, -0.05) is 187 Å². The number of unbranched alkanes of at least 4 members (excludes halogenated alkanes) is 4. The highest BCUT2D eigenvalue weighted by Gasteiger charge is 2.37. The molecule has 12 heteroatoms. The van der Waals surface area contributed by atoms with Crippen molar-refractivity contribution < 1.29 is 38.2 Å². The first-order chi connectivity index (χ1) is 35.4. The Morgan fingerprint density at radius 2 is 1.17 bits per heavy atom. The zero-order valence-electron chi connectivity index (χ0n) is 47.9. The number of carbonyl (C=O) groups is 5. The van der Waals surface area contributed by atoms with Crippen LogP contribution in [0.2, 0.25) is 18.1 Å². The van der Waals surface area contributed by atoms with Crippen molar-refractivity contribution in [3.05, 3.63) is 119 Å². The van der Waals surface area contributed by atoms with E-state index in [-0.39, 0.29) is 65.6 Å². The molecule has 4 aromatic rings. The molecule has 4 atom stereocenters. The number of nitrogen functional groups attached to an aromatic ring is 1. The number of carboxylic acids is 1. The summed E-state index contributed by atoms with van der Waals surface area (Å²) in [7, 11) is -1.87. The van der Waals surface area contributed by atoms with Crippen molar-refractivity contribution >= 4 is 49.2 Å². The zero-order valence-corrected chi connectivity index (χ0v) is 48.9. The third kappa shape index (κ3) is 20.8. The average Bonchev–Trinajstić information content (AvgIpc) is 3.69. The van der Waals surface area contributed by atoms with Gasteiger partial charge in [0.1, 0.15) is 12.4 Å². The summed E-state index contributed by atoms with van der Waals surface area (Å²) in [5.74, 6) is -2.09. The number of hydrogen-bond donors (Lipinski definition) is 4. The molecule has 1 aliphatic carbocycles. The van der Waals surface area contributed by atoms with Crippen molar-refractivity contribution in [2.24, 2.45) is 29.6 Å². The summed E-state index contributed by atoms with van der Waals surface area (Å²) in [6, 6.07) is 31.3. The van der Waals surface area contributed by atoms with Gasteiger partial charge in [0.25, 0.3) is 0 Å². The summed E-state index contributed by atoms with van der Waals surface area (Å²) in [5.41, 5.74) is 14.0. The second-order valence-electron chi connectivity index (χ2n) is 22.6. The number of nitrogens with one attached hydrogen (secondary N) is 2. The average molecular weight is 1050 g/mol. The van der Waals surface area contributed by atoms with E-state index in [1.165, 1.54) is 5.56 Å². The molecule has 0 spiro atoms. The minimum absolute atomic E-state index is 0.0389. The number of nitrogens with two attached hydrogens (primary N) is 1. The van der Waals surface area contributed by atoms with Gasteiger partial charge < -0.3 is 30.6 Å². The molecule has 0 radical (unpaired) electrons. The number of carbonyl (C=O) groups excluding carboxylic acids is 4. The van der Waals surface area contributed by atoms with Crippen LogP contribution in [0.15, 0.2) is 97.1 Å². The van der Waals surface area contributed by atoms with E-state index in [4.69, 9.17) is 20.0 Å². The van der Waals surface area contributed by atoms with Crippen molar-refractivity contribution in [2.75, 3.05) is 17.7 Å². The molecule has 75 heavy (non-hydrogen) atoms. The van der Waals surface area contributed by atoms with E-state index in [9.17, 15) is 24.0 Å². The smallest absolute Gasteiger partial charge is 0.407 e. The number of ketones is 2. The standard InChI is InChI=1S/C41H56N2O5Si.C14H26O3.C8H11N/c1-9-10-11-16-30(39(45)42-31-23-21-29(22-24-31)26-48-49(7,8)41(4,5)6)25-37(44)38(28(2)3)43-40(46)47-27-36-34-19-14-12-17-32(34)33-18-13-15-20-35(33)36;1-5-6-7-8-12(14(16)17)9-13(15)11(4)10(2)3;1-2-7-3-5-8(9)6-4-7/h12-15,17-24,28,30,36,38H,9-11,16,25-27H2,1-8H3,(H,42,45)(H,43,46);10-12H,5-9H2,1-4H3,(H,16,17);3-6H,2,9H2,1H3/t30-,38+;11-,12+;/m10./s1. The highest BCUT2D eigenvalue weighted by Crippen LogP contribution is 2.44. The maximum absolute atomic E-state index is 13.7. The molecule has 0 fully saturated rings. The fourth-order valence-corrected chi connectivity index (χ4v) is 9.60. The fraction of sp³-hybridized carbons (Fsp3) is 0.540. The molecule has 0 heterocycles. The number of Topliss-reactive ketones (excluding diaryl/α,β-unsaturated/α-hetero) is 2. The number of hydrogen-bond acceptors (Lipinski definition) is 8. The minimum atomic E-state index is -1.87. The van der Waals surface area contributed by atoms with Crippen molar-refractivity contribution in [1.82, 2.24) is 5.32 Å². The summed E-state index contributed by atoms with van der Waals surface area (Å²) < 4.78 is 12.1. The number of ether oxygens (including phenoxy) is 1. The van der Waals surface area contributed by atoms with Gasteiger partial charge in [-0.3, -0.25) is 19.2 Å². The lowest BCUT2D eigenvalue weighted by Gasteiger charge is -2.36. The van der Waals surface area contributed by atoms with Gasteiger partial charge in [0.2, 0.25) is 5.91 Å². The number of carboxylic acid groups (broad SMARTS) is 1. The van der Waals surface area contributed by atoms with Crippen molar-refractivity contribution in [1.29, 1.82) is 0 Å². The normalized spacial score (nSPS) is 13.7. The third-order valence-electron chi connectivity index (χ3n) is 15.1. The van der Waals surface area contributed by atoms with E-state index in [1.807, 2.05) is 95.3 Å². The lowest BCUT2D eigenvalue weighted by molar-refractivity contribution is -0.144. The first kappa shape index (κ1) is 63.7. The highest BCUT2D eigenvalue weighted by molar-refractivity contribution is 6.74. The van der Waals surface area contributed by atoms with E-state index in [0.29, 0.717) is 25.1 Å². The summed E-state index contributed by atoms with van der Waals surface area (Å²) in [5, 5.41) is 15.1. The van der Waals surface area contributed by atoms with Gasteiger partial charge in [0.15, 0.2) is 14.1 Å². The van der Waals surface area contributed by atoms with Crippen LogP contribution in [-0.2, 0) is 41.4 Å². The van der Waals surface area contributed by atoms with Gasteiger partial charge in [-0.05, 0) is 107 Å². The Labute approximate surface area is 452 Å². The van der Waals surface area contributed by atoms with Gasteiger partial charge in [-0.2, -0.15) is 0 Å². The van der Waals surface area contributed by atoms with Crippen LogP contribution in [-0.4, -0.2) is 55.6 Å². The molecule has 2 amide bonds. The van der Waals surface area contributed by atoms with Crippen LogP contribution < -0.4 is 16.4 Å². The van der Waals surface area contributed by atoms with Crippen LogP contribution >= 0.6 is 0 Å². The maximum atomic E-state index is 13.7. The number of benzene rings is 4. The Morgan fingerprint density at radius 3 is 1.65 bits per heavy atom. The predicted molar refractivity (Wildman–Crippen MR) is 310 cm³/mol. The molecular formula is C63H93N3O8Si. The highest BCUT2D eigenvalue weighted by atomic mass is 28.4. The maximum Gasteiger partial charge on any atom is 0.407 e. The Bertz CT molecular complexity index is 2350. The number of anilines is 2. The van der Waals surface area contributed by atoms with Gasteiger partial charge >= 0.3 is 12.1 Å². The molecule has 0 saturated heterocycles. The molecule has 4 aromatic carbocycles. The SMILES string of the molecule is CCCCC[C@H](CC(=O)[C@@H](C)C(C)C)C(=O)O.CCCCC[C@H](CC(=O)[C@@H](NC(=O)OCC1c2ccccc2-c2ccccc21)C(C)C)C(=O)Nc1ccc(CO[Si](C)(C)C(C)(C)C)cc1.CCc1ccc(N)cc1. The fourth-order valence-electron chi connectivity index (χ4n) is 8.64. The second kappa shape index (κ2) is 31.5. The molecule has 0 aliphatic heterocycles. The quantitative estimate of drug-likeness (QED) is 0.0271. The van der Waals surface area contributed by atoms with Crippen molar-refractivity contribution in [2.45, 2.75) is 183 Å². The molecule has 412 valence electrons. The Hall–Kier alpha value is -5.59. The first-order valence-electron chi connectivity index (χ1n) is 27.7. The molecule has 11 nitrogen and oxygen atoms in total. The third-order valence-corrected chi connectivity index (χ3v) is 19.6. The molecular weight excluding hydrogens is 955 g/mol. The number of fused-ring (bicyclic) bond motifs is 3. The van der Waals surface area contributed by atoms with E-state index in [0.717, 1.165) is 78.5 Å². The minimum Gasteiger partial charge on any atom is -0.481 e. The molecule has 0 saturated carbocycles. The Balaban J connectivity index is 0.000000464. The van der Waals surface area contributed by atoms with Gasteiger partial charge in [0.05, 0.1) is 18.6 Å². The van der Waals surface area contributed by atoms with Crippen LogP contribution in [0.5, 0.6) is 0 Å². The number of alkyl carbamates (subject to hydrolysis) is 1. The van der Waals surface area contributed by atoms with Gasteiger partial charge in [-0.25, -0.2) is 4.79 Å². The van der Waals surface area contributed by atoms with Crippen LogP contribution in [0.3, 0.4) is 0 Å². The van der Waals surface area contributed by atoms with Gasteiger partial charge in [0, 0.05) is 42.0 Å². The molecule has 0 bridgehead atoms. The van der Waals surface area contributed by atoms with Crippen LogP contribution in [0, 0.1) is 29.6 Å². The van der Waals surface area contributed by atoms with Crippen LogP contribution in [0.1, 0.15) is 169 Å². The van der Waals surface area contributed by atoms with E-state index >= 15 is 0 Å². The summed E-state index contributed by atoms with van der Waals surface area (Å²) in [6.07, 6.45) is 7.76. The number of amides is 2. The topological polar surface area (TPSA) is 174 Å². The molecule has 5 rings (SSSR count). The van der Waals surface area contributed by atoms with E-state index < -0.39 is 38.3 Å². The first-order valence-corrected chi connectivity index (χ1v) is 30.6. The largest absolute Gasteiger partial charge is 0.481 e. The molecule has 1 aliphatic rings. The number of aryl methyl sites for hydroxylation is 1. The monoisotopic (exact) mass is 1050 g/mol. The Kier molecular flexibility index (Phi) is 26.7. The lowest BCUT2D eigenvalue weighted by Crippen LogP contribution is -2.46. The van der Waals surface area contributed by atoms with Crippen LogP contribution in [0.25, 0.3) is 11.1 Å². The summed E-state index contributed by atoms with van der Waals surface area (Å²) in [4.78, 5) is 63.3. The lowest BCUT2D eigenvalue weighted by atomic mass is 9.86. The van der Waals surface area contributed by atoms with E-state index in [2.05, 4.69) is 102 Å². The number of rotatable bonds is 26.